The standard InChI is InChI=1S/C27H38N2O2/c1-20(2)8-3-4-9-21-10-5-6-12-23-18-25(16-14-22(23)13-7-11-21)31-26-17-15-24(19-29-26)27(28)30/h14-21H,3-13H2,1-2H3,(H2,28,30). The van der Waals surface area contributed by atoms with Gasteiger partial charge in [-0.25, -0.2) is 4.98 Å². The van der Waals surface area contributed by atoms with Crippen molar-refractivity contribution in [3.63, 3.8) is 0 Å². The number of aryl methyl sites for hydroxylation is 2. The van der Waals surface area contributed by atoms with E-state index in [9.17, 15) is 4.79 Å². The monoisotopic (exact) mass is 422 g/mol. The Morgan fingerprint density at radius 3 is 2.61 bits per heavy atom. The Kier molecular flexibility index (Phi) is 8.93. The summed E-state index contributed by atoms with van der Waals surface area (Å²) in [5.41, 5.74) is 8.53. The average Bonchev–Trinajstić information content (AvgIpc) is 2.75. The van der Waals surface area contributed by atoms with Crippen LogP contribution in [0.25, 0.3) is 0 Å². The van der Waals surface area contributed by atoms with Gasteiger partial charge in [-0.15, -0.1) is 0 Å². The van der Waals surface area contributed by atoms with Crippen LogP contribution >= 0.6 is 0 Å². The van der Waals surface area contributed by atoms with Crippen LogP contribution in [-0.4, -0.2) is 10.9 Å². The lowest BCUT2D eigenvalue weighted by molar-refractivity contribution is 0.1000. The van der Waals surface area contributed by atoms with Crippen molar-refractivity contribution in [2.24, 2.45) is 17.6 Å². The van der Waals surface area contributed by atoms with Gasteiger partial charge in [-0.05, 0) is 66.8 Å². The van der Waals surface area contributed by atoms with E-state index < -0.39 is 5.91 Å². The normalized spacial score (nSPS) is 17.2. The van der Waals surface area contributed by atoms with Crippen LogP contribution in [0.4, 0.5) is 0 Å². The lowest BCUT2D eigenvalue weighted by atomic mass is 9.86. The Hall–Kier alpha value is -2.36. The lowest BCUT2D eigenvalue weighted by Crippen LogP contribution is -2.10. The van der Waals surface area contributed by atoms with Gasteiger partial charge >= 0.3 is 0 Å². The number of benzene rings is 1. The van der Waals surface area contributed by atoms with Crippen LogP contribution < -0.4 is 10.5 Å². The van der Waals surface area contributed by atoms with Gasteiger partial charge in [0.25, 0.3) is 0 Å². The van der Waals surface area contributed by atoms with Crippen molar-refractivity contribution < 1.29 is 9.53 Å². The first-order valence-corrected chi connectivity index (χ1v) is 12.1. The van der Waals surface area contributed by atoms with Crippen LogP contribution in [0.15, 0.2) is 36.5 Å². The molecule has 1 amide bonds. The van der Waals surface area contributed by atoms with Crippen molar-refractivity contribution in [3.8, 4) is 11.6 Å². The second-order valence-corrected chi connectivity index (χ2v) is 9.46. The molecule has 0 fully saturated rings. The zero-order chi connectivity index (χ0) is 22.1. The molecule has 0 bridgehead atoms. The minimum atomic E-state index is -0.482. The molecule has 0 spiro atoms. The summed E-state index contributed by atoms with van der Waals surface area (Å²) in [6.45, 7) is 4.65. The Morgan fingerprint density at radius 2 is 1.87 bits per heavy atom. The zero-order valence-corrected chi connectivity index (χ0v) is 19.2. The van der Waals surface area contributed by atoms with Gasteiger partial charge in [-0.2, -0.15) is 0 Å². The Balaban J connectivity index is 1.56. The number of aromatic nitrogens is 1. The molecule has 0 saturated carbocycles. The molecular weight excluding hydrogens is 384 g/mol. The smallest absolute Gasteiger partial charge is 0.250 e. The number of ether oxygens (including phenoxy) is 1. The van der Waals surface area contributed by atoms with E-state index in [0.29, 0.717) is 11.4 Å². The zero-order valence-electron chi connectivity index (χ0n) is 19.2. The maximum atomic E-state index is 11.2. The topological polar surface area (TPSA) is 65.2 Å². The van der Waals surface area contributed by atoms with Crippen LogP contribution in [0.3, 0.4) is 0 Å². The molecule has 4 nitrogen and oxygen atoms in total. The fraction of sp³-hybridized carbons (Fsp3) is 0.556. The van der Waals surface area contributed by atoms with Gasteiger partial charge < -0.3 is 10.5 Å². The fourth-order valence-corrected chi connectivity index (χ4v) is 4.60. The number of primary amides is 1. The number of carbonyl (C=O) groups excluding carboxylic acids is 1. The SMILES string of the molecule is CC(C)CCCCC1CCCCc2cc(Oc3ccc(C(N)=O)cn3)ccc2CCC1. The summed E-state index contributed by atoms with van der Waals surface area (Å²) < 4.78 is 5.93. The maximum Gasteiger partial charge on any atom is 0.250 e. The molecule has 31 heavy (non-hydrogen) atoms. The molecule has 1 aliphatic rings. The van der Waals surface area contributed by atoms with Crippen LogP contribution in [0.5, 0.6) is 11.6 Å². The number of nitrogens with two attached hydrogens (primary N) is 1. The van der Waals surface area contributed by atoms with E-state index >= 15 is 0 Å². The summed E-state index contributed by atoms with van der Waals surface area (Å²) in [4.78, 5) is 15.4. The number of rotatable bonds is 8. The summed E-state index contributed by atoms with van der Waals surface area (Å²) in [5, 5.41) is 0. The molecule has 1 atom stereocenters. The maximum absolute atomic E-state index is 11.2. The molecule has 2 aromatic rings. The molecule has 1 unspecified atom stereocenters. The first-order valence-electron chi connectivity index (χ1n) is 12.1. The second-order valence-electron chi connectivity index (χ2n) is 9.46. The van der Waals surface area contributed by atoms with Gasteiger partial charge in [-0.1, -0.05) is 64.9 Å². The highest BCUT2D eigenvalue weighted by atomic mass is 16.5. The van der Waals surface area contributed by atoms with Crippen LogP contribution in [-0.2, 0) is 12.8 Å². The van der Waals surface area contributed by atoms with Crippen molar-refractivity contribution in [1.82, 2.24) is 4.98 Å². The van der Waals surface area contributed by atoms with Crippen molar-refractivity contribution in [2.45, 2.75) is 84.5 Å². The van der Waals surface area contributed by atoms with Crippen molar-refractivity contribution in [3.05, 3.63) is 53.2 Å². The Labute approximate surface area is 187 Å². The van der Waals surface area contributed by atoms with Crippen molar-refractivity contribution in [1.29, 1.82) is 0 Å². The summed E-state index contributed by atoms with van der Waals surface area (Å²) in [6, 6.07) is 9.77. The lowest BCUT2D eigenvalue weighted by Gasteiger charge is -2.20. The second kappa shape index (κ2) is 11.9. The number of carbonyl (C=O) groups is 1. The summed E-state index contributed by atoms with van der Waals surface area (Å²) in [7, 11) is 0. The summed E-state index contributed by atoms with van der Waals surface area (Å²) >= 11 is 0. The van der Waals surface area contributed by atoms with Crippen LogP contribution in [0.1, 0.15) is 93.1 Å². The van der Waals surface area contributed by atoms with Crippen molar-refractivity contribution >= 4 is 5.91 Å². The molecule has 3 rings (SSSR count). The van der Waals surface area contributed by atoms with Gasteiger partial charge in [0, 0.05) is 12.3 Å². The highest BCUT2D eigenvalue weighted by molar-refractivity contribution is 5.92. The molecule has 0 aliphatic heterocycles. The van der Waals surface area contributed by atoms with E-state index in [2.05, 4.69) is 31.0 Å². The molecule has 0 radical (unpaired) electrons. The molecule has 4 heteroatoms. The molecule has 0 saturated heterocycles. The number of fused-ring (bicyclic) bond motifs is 1. The number of pyridine rings is 1. The van der Waals surface area contributed by atoms with E-state index in [0.717, 1.165) is 30.4 Å². The number of hydrogen-bond donors (Lipinski definition) is 1. The predicted molar refractivity (Wildman–Crippen MR) is 127 cm³/mol. The first-order chi connectivity index (χ1) is 15.0. The quantitative estimate of drug-likeness (QED) is 0.473. The molecule has 1 aromatic carbocycles. The molecule has 168 valence electrons. The minimum absolute atomic E-state index is 0.385. The van der Waals surface area contributed by atoms with Gasteiger partial charge in [0.05, 0.1) is 5.56 Å². The van der Waals surface area contributed by atoms with Crippen LogP contribution in [0.2, 0.25) is 0 Å². The first kappa shape index (κ1) is 23.3. The highest BCUT2D eigenvalue weighted by Gasteiger charge is 2.14. The number of nitrogens with zero attached hydrogens (tertiary/aromatic N) is 1. The molecule has 1 heterocycles. The molecule has 1 aliphatic carbocycles. The third-order valence-electron chi connectivity index (χ3n) is 6.43. The molecule has 1 aromatic heterocycles. The molecule has 2 N–H and O–H groups in total. The third kappa shape index (κ3) is 7.68. The van der Waals surface area contributed by atoms with Gasteiger partial charge in [0.15, 0.2) is 0 Å². The highest BCUT2D eigenvalue weighted by Crippen LogP contribution is 2.29. The summed E-state index contributed by atoms with van der Waals surface area (Å²) in [6.07, 6.45) is 15.9. The van der Waals surface area contributed by atoms with Gasteiger partial charge in [0.1, 0.15) is 5.75 Å². The van der Waals surface area contributed by atoms with E-state index in [1.165, 1.54) is 75.1 Å². The fourth-order valence-electron chi connectivity index (χ4n) is 4.60. The number of amides is 1. The third-order valence-corrected chi connectivity index (χ3v) is 6.43. The van der Waals surface area contributed by atoms with Gasteiger partial charge in [0.2, 0.25) is 11.8 Å². The largest absolute Gasteiger partial charge is 0.439 e. The Bertz CT molecular complexity index is 830. The van der Waals surface area contributed by atoms with Crippen molar-refractivity contribution in [2.75, 3.05) is 0 Å². The minimum Gasteiger partial charge on any atom is -0.439 e. The van der Waals surface area contributed by atoms with Crippen LogP contribution in [0, 0.1) is 11.8 Å². The Morgan fingerprint density at radius 1 is 1.06 bits per heavy atom. The summed E-state index contributed by atoms with van der Waals surface area (Å²) in [5.74, 6) is 2.54. The van der Waals surface area contributed by atoms with Gasteiger partial charge in [-0.3, -0.25) is 4.79 Å². The van der Waals surface area contributed by atoms with E-state index in [1.807, 2.05) is 6.07 Å². The van der Waals surface area contributed by atoms with E-state index in [1.54, 1.807) is 12.1 Å². The van der Waals surface area contributed by atoms with E-state index in [4.69, 9.17) is 10.5 Å². The number of unbranched alkanes of at least 4 members (excludes halogenated alkanes) is 1. The van der Waals surface area contributed by atoms with E-state index in [-0.39, 0.29) is 0 Å². The number of hydrogen-bond acceptors (Lipinski definition) is 3. The average molecular weight is 423 g/mol. The predicted octanol–water partition coefficient (Wildman–Crippen LogP) is 6.85. The molecular formula is C27H38N2O2.